The molecule has 0 aliphatic carbocycles. The van der Waals surface area contributed by atoms with Crippen molar-refractivity contribution in [1.82, 2.24) is 9.88 Å². The molecule has 4 rings (SSSR count). The van der Waals surface area contributed by atoms with E-state index in [2.05, 4.69) is 27.3 Å². The van der Waals surface area contributed by atoms with Crippen LogP contribution in [-0.4, -0.2) is 63.3 Å². The zero-order valence-corrected chi connectivity index (χ0v) is 21.7. The molecule has 0 atom stereocenters. The number of nitrogens with one attached hydrogen (secondary N) is 2. The number of nitrogens with zero attached hydrogens (tertiary/aromatic N) is 3. The number of hydrogen-bond acceptors (Lipinski definition) is 7. The fourth-order valence-corrected chi connectivity index (χ4v) is 3.53. The highest BCUT2D eigenvalue weighted by atomic mass is 16.5. The molecule has 36 heavy (non-hydrogen) atoms. The Morgan fingerprint density at radius 3 is 2.39 bits per heavy atom. The number of hydrogen-bond donors (Lipinski definition) is 3. The third-order valence-corrected chi connectivity index (χ3v) is 5.66. The monoisotopic (exact) mass is 490 g/mol. The van der Waals surface area contributed by atoms with Crippen molar-refractivity contribution in [2.75, 3.05) is 57.3 Å². The summed E-state index contributed by atoms with van der Waals surface area (Å²) in [5.41, 5.74) is 9.84. The molecule has 8 nitrogen and oxygen atoms in total. The normalized spacial score (nSPS) is 12.2. The molecule has 0 bridgehead atoms. The average molecular weight is 491 g/mol. The van der Waals surface area contributed by atoms with Crippen LogP contribution in [-0.2, 0) is 4.79 Å². The van der Waals surface area contributed by atoms with Crippen molar-refractivity contribution in [2.24, 2.45) is 0 Å². The minimum absolute atomic E-state index is 0.342. The number of pyridine rings is 1. The molecule has 3 aromatic rings. The van der Waals surface area contributed by atoms with E-state index < -0.39 is 0 Å². The number of aromatic nitrogens is 1. The number of nitrogens with two attached hydrogens (primary N) is 1. The van der Waals surface area contributed by atoms with Crippen LogP contribution in [0.25, 0.3) is 0 Å². The van der Waals surface area contributed by atoms with E-state index in [1.54, 1.807) is 31.5 Å². The van der Waals surface area contributed by atoms with Crippen LogP contribution in [0.1, 0.15) is 30.4 Å². The number of methoxy groups -OCH3 is 1. The van der Waals surface area contributed by atoms with Gasteiger partial charge in [0.05, 0.1) is 12.8 Å². The highest BCUT2D eigenvalue weighted by Crippen LogP contribution is 2.18. The van der Waals surface area contributed by atoms with Gasteiger partial charge in [-0.25, -0.2) is 4.98 Å². The van der Waals surface area contributed by atoms with Crippen LogP contribution in [0.5, 0.6) is 5.75 Å². The fourth-order valence-electron chi connectivity index (χ4n) is 3.53. The molecule has 8 heteroatoms. The van der Waals surface area contributed by atoms with Crippen LogP contribution < -0.4 is 20.7 Å². The van der Waals surface area contributed by atoms with Crippen LogP contribution in [0, 0.1) is 5.41 Å². The van der Waals surface area contributed by atoms with Crippen molar-refractivity contribution in [3.05, 3.63) is 78.0 Å². The summed E-state index contributed by atoms with van der Waals surface area (Å²) in [6, 6.07) is 19.2. The molecule has 1 saturated heterocycles. The van der Waals surface area contributed by atoms with Crippen LogP contribution in [0.3, 0.4) is 0 Å². The second kappa shape index (κ2) is 15.0. The van der Waals surface area contributed by atoms with Gasteiger partial charge in [-0.15, -0.1) is 0 Å². The van der Waals surface area contributed by atoms with E-state index in [1.165, 1.54) is 24.9 Å². The van der Waals surface area contributed by atoms with Crippen LogP contribution in [0.2, 0.25) is 0 Å². The fraction of sp³-hybridized carbons (Fsp3) is 0.321. The highest BCUT2D eigenvalue weighted by Gasteiger charge is 2.09. The summed E-state index contributed by atoms with van der Waals surface area (Å²) in [5, 5.41) is 11.2. The molecule has 192 valence electrons. The Bertz CT molecular complexity index is 1100. The van der Waals surface area contributed by atoms with Gasteiger partial charge < -0.3 is 25.6 Å². The molecule has 1 aliphatic heterocycles. The molecule has 2 heterocycles. The lowest BCUT2D eigenvalue weighted by molar-refractivity contribution is -0.118. The van der Waals surface area contributed by atoms with E-state index in [-0.39, 0.29) is 0 Å². The van der Waals surface area contributed by atoms with E-state index >= 15 is 0 Å². The summed E-state index contributed by atoms with van der Waals surface area (Å²) in [4.78, 5) is 18.0. The molecule has 4 N–H and O–H groups in total. The molecule has 0 spiro atoms. The number of carbonyl (C=O) groups excluding carboxylic acids is 1. The predicted molar refractivity (Wildman–Crippen MR) is 149 cm³/mol. The topological polar surface area (TPSA) is 108 Å². The Labute approximate surface area is 214 Å². The zero-order chi connectivity index (χ0) is 26.3. The minimum Gasteiger partial charge on any atom is -0.497 e. The summed E-state index contributed by atoms with van der Waals surface area (Å²) in [6.45, 7) is 1.95. The standard InChI is InChI=1S/C13H13N3O.C9H14N2.C6H11NO/c1-17-10-5-2-4-9(8-10)12(14)11-6-3-7-16-13(11)15;1-10-8-5-4-6-9(7-8)11(2)3;8-6-7-4-2-1-3-5-7/h2-8,14H,1H3,(H2,15,16);4-7,10H,1-3H3;6H,1-5H2. The number of likely N-dealkylation sites (tertiary alicyclic amines) is 1. The van der Waals surface area contributed by atoms with Gasteiger partial charge in [-0.05, 0) is 61.7 Å². The first kappa shape index (κ1) is 28.2. The van der Waals surface area contributed by atoms with Gasteiger partial charge in [0.2, 0.25) is 6.41 Å². The molecule has 2 aromatic carbocycles. The van der Waals surface area contributed by atoms with Crippen molar-refractivity contribution in [3.63, 3.8) is 0 Å². The van der Waals surface area contributed by atoms with Gasteiger partial charge in [-0.1, -0.05) is 18.2 Å². The molecule has 0 unspecified atom stereocenters. The molecule has 1 fully saturated rings. The van der Waals surface area contributed by atoms with Gasteiger partial charge in [0.1, 0.15) is 11.6 Å². The number of rotatable bonds is 6. The highest BCUT2D eigenvalue weighted by molar-refractivity contribution is 6.13. The smallest absolute Gasteiger partial charge is 0.209 e. The largest absolute Gasteiger partial charge is 0.497 e. The number of anilines is 3. The lowest BCUT2D eigenvalue weighted by Gasteiger charge is -2.21. The van der Waals surface area contributed by atoms with Gasteiger partial charge in [-0.3, -0.25) is 10.2 Å². The number of carbonyl (C=O) groups is 1. The first-order valence-electron chi connectivity index (χ1n) is 12.0. The summed E-state index contributed by atoms with van der Waals surface area (Å²) in [6.07, 6.45) is 6.23. The SMILES string of the molecule is CNc1cccc(N(C)C)c1.COc1cccc(C(=N)c2cccnc2N)c1.O=CN1CCCCC1. The number of nitrogen functional groups attached to an aromatic ring is 1. The summed E-state index contributed by atoms with van der Waals surface area (Å²) < 4.78 is 5.13. The quantitative estimate of drug-likeness (QED) is 0.347. The van der Waals surface area contributed by atoms with Crippen molar-refractivity contribution < 1.29 is 9.53 Å². The number of benzene rings is 2. The van der Waals surface area contributed by atoms with E-state index in [1.807, 2.05) is 56.4 Å². The van der Waals surface area contributed by atoms with E-state index in [0.717, 1.165) is 36.5 Å². The summed E-state index contributed by atoms with van der Waals surface area (Å²) in [7, 11) is 7.60. The van der Waals surface area contributed by atoms with Crippen molar-refractivity contribution in [2.45, 2.75) is 19.3 Å². The van der Waals surface area contributed by atoms with Gasteiger partial charge in [0.25, 0.3) is 0 Å². The van der Waals surface area contributed by atoms with Crippen LogP contribution in [0.15, 0.2) is 66.9 Å². The second-order valence-electron chi connectivity index (χ2n) is 8.44. The third-order valence-electron chi connectivity index (χ3n) is 5.66. The molecular weight excluding hydrogens is 452 g/mol. The Hall–Kier alpha value is -4.07. The van der Waals surface area contributed by atoms with Crippen molar-refractivity contribution in [3.8, 4) is 5.75 Å². The number of amides is 1. The first-order chi connectivity index (χ1) is 17.4. The Kier molecular flexibility index (Phi) is 11.8. The summed E-state index contributed by atoms with van der Waals surface area (Å²) >= 11 is 0. The van der Waals surface area contributed by atoms with Gasteiger partial charge >= 0.3 is 0 Å². The zero-order valence-electron chi connectivity index (χ0n) is 21.7. The molecule has 1 amide bonds. The Morgan fingerprint density at radius 1 is 1.08 bits per heavy atom. The van der Waals surface area contributed by atoms with Gasteiger partial charge in [-0.2, -0.15) is 0 Å². The van der Waals surface area contributed by atoms with Gasteiger partial charge in [0.15, 0.2) is 0 Å². The Balaban J connectivity index is 0.000000206. The van der Waals surface area contributed by atoms with Crippen LogP contribution in [0.4, 0.5) is 17.2 Å². The number of piperidine rings is 1. The van der Waals surface area contributed by atoms with Crippen molar-refractivity contribution >= 4 is 29.3 Å². The molecular formula is C28H38N6O2. The van der Waals surface area contributed by atoms with Crippen molar-refractivity contribution in [1.29, 1.82) is 5.41 Å². The predicted octanol–water partition coefficient (Wildman–Crippen LogP) is 4.51. The van der Waals surface area contributed by atoms with E-state index in [4.69, 9.17) is 15.9 Å². The average Bonchev–Trinajstić information content (AvgIpc) is 2.94. The summed E-state index contributed by atoms with van der Waals surface area (Å²) in [5.74, 6) is 1.08. The molecule has 1 aliphatic rings. The molecule has 0 radical (unpaired) electrons. The molecule has 0 saturated carbocycles. The van der Waals surface area contributed by atoms with Crippen LogP contribution >= 0.6 is 0 Å². The molecule has 1 aromatic heterocycles. The van der Waals surface area contributed by atoms with E-state index in [9.17, 15) is 4.79 Å². The maximum absolute atomic E-state index is 10.1. The lowest BCUT2D eigenvalue weighted by atomic mass is 10.0. The van der Waals surface area contributed by atoms with Gasteiger partial charge in [0, 0.05) is 62.9 Å². The second-order valence-corrected chi connectivity index (χ2v) is 8.44. The maximum Gasteiger partial charge on any atom is 0.209 e. The maximum atomic E-state index is 10.1. The number of ether oxygens (including phenoxy) is 1. The lowest BCUT2D eigenvalue weighted by Crippen LogP contribution is -2.27. The Morgan fingerprint density at radius 2 is 1.81 bits per heavy atom. The van der Waals surface area contributed by atoms with E-state index in [0.29, 0.717) is 17.1 Å². The third kappa shape index (κ3) is 8.94. The first-order valence-corrected chi connectivity index (χ1v) is 12.0. The minimum atomic E-state index is 0.342.